The van der Waals surface area contributed by atoms with Crippen molar-refractivity contribution in [1.82, 2.24) is 15.0 Å². The number of pyridine rings is 1. The van der Waals surface area contributed by atoms with Gasteiger partial charge in [0.25, 0.3) is 5.91 Å². The molecule has 0 aliphatic carbocycles. The summed E-state index contributed by atoms with van der Waals surface area (Å²) in [4.78, 5) is 27.3. The third kappa shape index (κ3) is 5.03. The normalized spacial score (nSPS) is 19.4. The highest BCUT2D eigenvalue weighted by molar-refractivity contribution is 5.98. The number of nitrogens with zero attached hydrogens (tertiary/aromatic N) is 4. The van der Waals surface area contributed by atoms with Crippen LogP contribution in [0.5, 0.6) is 0 Å². The molecular formula is C21H31N7O2. The molecule has 0 bridgehead atoms. The summed E-state index contributed by atoms with van der Waals surface area (Å²) < 4.78 is 0. The lowest BCUT2D eigenvalue weighted by Gasteiger charge is -2.34. The number of nitrogens with two attached hydrogens (primary N) is 2. The van der Waals surface area contributed by atoms with Gasteiger partial charge in [0.05, 0.1) is 6.10 Å². The van der Waals surface area contributed by atoms with Gasteiger partial charge >= 0.3 is 0 Å². The zero-order valence-corrected chi connectivity index (χ0v) is 18.0. The molecule has 30 heavy (non-hydrogen) atoms. The highest BCUT2D eigenvalue weighted by Crippen LogP contribution is 2.27. The number of piperidine rings is 1. The second-order valence-corrected chi connectivity index (χ2v) is 8.49. The lowest BCUT2D eigenvalue weighted by Crippen LogP contribution is -2.50. The monoisotopic (exact) mass is 413 g/mol. The maximum Gasteiger partial charge on any atom is 0.254 e. The number of aromatic nitrogens is 3. The molecule has 1 saturated heterocycles. The zero-order chi connectivity index (χ0) is 22.0. The third-order valence-electron chi connectivity index (χ3n) is 5.10. The van der Waals surface area contributed by atoms with Crippen molar-refractivity contribution in [2.24, 2.45) is 11.5 Å². The summed E-state index contributed by atoms with van der Waals surface area (Å²) in [6.07, 6.45) is 1.40. The average Bonchev–Trinajstić information content (AvgIpc) is 2.66. The fourth-order valence-electron chi connectivity index (χ4n) is 3.45. The van der Waals surface area contributed by atoms with E-state index in [-0.39, 0.29) is 23.4 Å². The molecule has 1 amide bonds. The molecule has 162 valence electrons. The van der Waals surface area contributed by atoms with Crippen molar-refractivity contribution in [2.45, 2.75) is 58.1 Å². The largest absolute Gasteiger partial charge is 0.391 e. The Balaban J connectivity index is 1.99. The van der Waals surface area contributed by atoms with Crippen LogP contribution < -0.4 is 21.7 Å². The Hall–Kier alpha value is -2.78. The Morgan fingerprint density at radius 1 is 1.17 bits per heavy atom. The van der Waals surface area contributed by atoms with Gasteiger partial charge < -0.3 is 26.8 Å². The first kappa shape index (κ1) is 21.9. The van der Waals surface area contributed by atoms with Crippen molar-refractivity contribution in [2.75, 3.05) is 23.3 Å². The van der Waals surface area contributed by atoms with Crippen LogP contribution in [0.1, 0.15) is 67.7 Å². The first-order chi connectivity index (χ1) is 14.1. The van der Waals surface area contributed by atoms with E-state index in [1.807, 2.05) is 17.0 Å². The van der Waals surface area contributed by atoms with Gasteiger partial charge in [0.2, 0.25) is 5.95 Å². The predicted molar refractivity (Wildman–Crippen MR) is 117 cm³/mol. The number of primary amides is 1. The number of aliphatic hydroxyl groups is 1. The highest BCUT2D eigenvalue weighted by Gasteiger charge is 2.26. The van der Waals surface area contributed by atoms with Crippen molar-refractivity contribution in [3.63, 3.8) is 0 Å². The van der Waals surface area contributed by atoms with E-state index in [0.29, 0.717) is 31.3 Å². The molecule has 6 N–H and O–H groups in total. The maximum absolute atomic E-state index is 12.0. The van der Waals surface area contributed by atoms with E-state index >= 15 is 0 Å². The number of amides is 1. The molecule has 9 heteroatoms. The van der Waals surface area contributed by atoms with Gasteiger partial charge in [-0.3, -0.25) is 9.78 Å². The van der Waals surface area contributed by atoms with Crippen LogP contribution in [0.15, 0.2) is 18.3 Å². The van der Waals surface area contributed by atoms with Crippen LogP contribution in [0.25, 0.3) is 0 Å². The van der Waals surface area contributed by atoms with E-state index in [2.05, 4.69) is 43.0 Å². The molecule has 2 aromatic rings. The maximum atomic E-state index is 12.0. The van der Waals surface area contributed by atoms with E-state index in [4.69, 9.17) is 16.5 Å². The van der Waals surface area contributed by atoms with Crippen molar-refractivity contribution in [3.05, 3.63) is 35.3 Å². The van der Waals surface area contributed by atoms with Gasteiger partial charge in [0.1, 0.15) is 11.4 Å². The summed E-state index contributed by atoms with van der Waals surface area (Å²) in [6, 6.07) is 3.72. The van der Waals surface area contributed by atoms with Crippen molar-refractivity contribution < 1.29 is 9.90 Å². The minimum absolute atomic E-state index is 0.174. The van der Waals surface area contributed by atoms with Crippen molar-refractivity contribution >= 4 is 23.4 Å². The quantitative estimate of drug-likeness (QED) is 0.562. The van der Waals surface area contributed by atoms with Crippen LogP contribution in [-0.4, -0.2) is 51.2 Å². The van der Waals surface area contributed by atoms with Gasteiger partial charge in [-0.15, -0.1) is 0 Å². The third-order valence-corrected chi connectivity index (χ3v) is 5.10. The summed E-state index contributed by atoms with van der Waals surface area (Å²) in [5.41, 5.74) is 14.4. The summed E-state index contributed by atoms with van der Waals surface area (Å²) >= 11 is 0. The number of carbonyl (C=O) groups excluding carboxylic acids is 1. The van der Waals surface area contributed by atoms with E-state index < -0.39 is 12.0 Å². The molecular weight excluding hydrogens is 382 g/mol. The second kappa shape index (κ2) is 8.93. The number of anilines is 3. The number of nitrogens with one attached hydrogen (secondary N) is 1. The van der Waals surface area contributed by atoms with Crippen LogP contribution in [0.2, 0.25) is 0 Å². The summed E-state index contributed by atoms with van der Waals surface area (Å²) in [5, 5.41) is 13.3. The first-order valence-corrected chi connectivity index (χ1v) is 10.3. The molecule has 2 aromatic heterocycles. The molecule has 1 aliphatic rings. The molecule has 3 rings (SSSR count). The van der Waals surface area contributed by atoms with Gasteiger partial charge in [0.15, 0.2) is 0 Å². The van der Waals surface area contributed by atoms with Gasteiger partial charge in [-0.1, -0.05) is 27.7 Å². The van der Waals surface area contributed by atoms with Gasteiger partial charge in [-0.25, -0.2) is 4.98 Å². The fraction of sp³-hybridized carbons (Fsp3) is 0.524. The molecule has 2 atom stereocenters. The molecule has 3 heterocycles. The number of hydrogen-bond acceptors (Lipinski definition) is 8. The van der Waals surface area contributed by atoms with Crippen LogP contribution in [0, 0.1) is 0 Å². The summed E-state index contributed by atoms with van der Waals surface area (Å²) in [5.74, 6) is 0.576. The van der Waals surface area contributed by atoms with E-state index in [1.165, 1.54) is 6.20 Å². The Labute approximate surface area is 176 Å². The Morgan fingerprint density at radius 3 is 2.33 bits per heavy atom. The Bertz CT molecular complexity index is 880. The molecule has 1 aliphatic heterocycles. The summed E-state index contributed by atoms with van der Waals surface area (Å²) in [7, 11) is 0. The number of aliphatic hydroxyl groups excluding tert-OH is 1. The first-order valence-electron chi connectivity index (χ1n) is 10.3. The van der Waals surface area contributed by atoms with Gasteiger partial charge in [-0.05, 0) is 30.4 Å². The van der Waals surface area contributed by atoms with Crippen LogP contribution >= 0.6 is 0 Å². The van der Waals surface area contributed by atoms with Gasteiger partial charge in [0, 0.05) is 42.4 Å². The zero-order valence-electron chi connectivity index (χ0n) is 18.0. The van der Waals surface area contributed by atoms with E-state index in [9.17, 15) is 9.90 Å². The second-order valence-electron chi connectivity index (χ2n) is 8.49. The topological polar surface area (TPSA) is 143 Å². The molecule has 0 saturated carbocycles. The molecule has 9 nitrogen and oxygen atoms in total. The van der Waals surface area contributed by atoms with Crippen LogP contribution in [0.4, 0.5) is 17.5 Å². The smallest absolute Gasteiger partial charge is 0.254 e. The van der Waals surface area contributed by atoms with Gasteiger partial charge in [-0.2, -0.15) is 4.98 Å². The number of carbonyl (C=O) groups is 1. The summed E-state index contributed by atoms with van der Waals surface area (Å²) in [6.45, 7) is 9.24. The predicted octanol–water partition coefficient (Wildman–Crippen LogP) is 1.86. The minimum atomic E-state index is -0.623. The number of hydrogen-bond donors (Lipinski definition) is 4. The Morgan fingerprint density at radius 2 is 1.80 bits per heavy atom. The standard InChI is InChI=1S/C21H31N7O2/c1-11(2)17-6-14(7-18(26-17)12(3)4)25-20-16(19(23)30)8-24-21(27-20)28-9-13(22)5-15(29)10-28/h6-8,11-13,15,29H,5,9-10,22H2,1-4H3,(H2,23,30)(H,24,25,26,27)/t13-,15+/m0/s1. The lowest BCUT2D eigenvalue weighted by molar-refractivity contribution is 0.1000. The lowest BCUT2D eigenvalue weighted by atomic mass is 10.0. The molecule has 1 fully saturated rings. The van der Waals surface area contributed by atoms with Crippen molar-refractivity contribution in [1.29, 1.82) is 0 Å². The van der Waals surface area contributed by atoms with E-state index in [1.54, 1.807) is 0 Å². The molecule has 0 aromatic carbocycles. The fourth-order valence-corrected chi connectivity index (χ4v) is 3.45. The molecule has 0 radical (unpaired) electrons. The minimum Gasteiger partial charge on any atom is -0.391 e. The number of rotatable bonds is 6. The average molecular weight is 414 g/mol. The number of β-amino-alcohol motifs (C(OH)–C–C–N with tert-alkyl or cyclic N) is 1. The van der Waals surface area contributed by atoms with Crippen LogP contribution in [0.3, 0.4) is 0 Å². The highest BCUT2D eigenvalue weighted by atomic mass is 16.3. The van der Waals surface area contributed by atoms with E-state index in [0.717, 1.165) is 17.1 Å². The molecule has 0 unspecified atom stereocenters. The molecule has 0 spiro atoms. The van der Waals surface area contributed by atoms with Crippen molar-refractivity contribution in [3.8, 4) is 0 Å². The van der Waals surface area contributed by atoms with Crippen LogP contribution in [-0.2, 0) is 0 Å². The SMILES string of the molecule is CC(C)c1cc(Nc2nc(N3C[C@@H](N)C[C@@H](O)C3)ncc2C(N)=O)cc(C(C)C)n1. The Kier molecular flexibility index (Phi) is 6.52.